The number of benzene rings is 1. The van der Waals surface area contributed by atoms with Crippen LogP contribution in [0.15, 0.2) is 30.3 Å². The molecule has 1 aromatic carbocycles. The molecule has 1 aliphatic rings. The Labute approximate surface area is 103 Å². The Bertz CT molecular complexity index is 358. The van der Waals surface area contributed by atoms with E-state index in [0.29, 0.717) is 0 Å². The Hall–Kier alpha value is -0.900. The van der Waals surface area contributed by atoms with Gasteiger partial charge in [0.25, 0.3) is 0 Å². The summed E-state index contributed by atoms with van der Waals surface area (Å²) in [5.74, 6) is 0.159. The van der Waals surface area contributed by atoms with Crippen LogP contribution in [0, 0.1) is 5.92 Å². The van der Waals surface area contributed by atoms with Crippen molar-refractivity contribution in [1.29, 1.82) is 0 Å². The number of aliphatic hydroxyl groups is 1. The lowest BCUT2D eigenvalue weighted by Gasteiger charge is -2.28. The van der Waals surface area contributed by atoms with Crippen molar-refractivity contribution in [2.75, 3.05) is 13.1 Å². The molecule has 0 amide bonds. The highest BCUT2D eigenvalue weighted by atomic mass is 16.3. The van der Waals surface area contributed by atoms with Gasteiger partial charge in [0.05, 0.1) is 5.60 Å². The third kappa shape index (κ3) is 3.06. The predicted molar refractivity (Wildman–Crippen MR) is 69.5 cm³/mol. The van der Waals surface area contributed by atoms with E-state index in [9.17, 15) is 5.11 Å². The first-order chi connectivity index (χ1) is 7.97. The fraction of sp³-hybridized carbons (Fsp3) is 0.571. The number of nitrogens with zero attached hydrogens (tertiary/aromatic N) is 1. The molecule has 1 saturated heterocycles. The number of rotatable bonds is 3. The number of nitrogens with two attached hydrogens (primary N) is 1. The van der Waals surface area contributed by atoms with Gasteiger partial charge in [-0.05, 0) is 19.4 Å². The maximum absolute atomic E-state index is 10.1. The third-order valence-electron chi connectivity index (χ3n) is 3.60. The molecular weight excluding hydrogens is 212 g/mol. The second-order valence-electron chi connectivity index (χ2n) is 5.60. The first-order valence-electron chi connectivity index (χ1n) is 6.21. The van der Waals surface area contributed by atoms with E-state index in [1.165, 1.54) is 5.56 Å². The lowest BCUT2D eigenvalue weighted by Crippen LogP contribution is -2.42. The van der Waals surface area contributed by atoms with Gasteiger partial charge < -0.3 is 10.8 Å². The van der Waals surface area contributed by atoms with E-state index in [1.807, 2.05) is 19.9 Å². The number of likely N-dealkylation sites (tertiary alicyclic amines) is 1. The summed E-state index contributed by atoms with van der Waals surface area (Å²) >= 11 is 0. The summed E-state index contributed by atoms with van der Waals surface area (Å²) in [6, 6.07) is 10.5. The molecule has 1 aromatic rings. The van der Waals surface area contributed by atoms with Gasteiger partial charge in [-0.3, -0.25) is 4.90 Å². The fourth-order valence-corrected chi connectivity index (χ4v) is 2.63. The van der Waals surface area contributed by atoms with Gasteiger partial charge >= 0.3 is 0 Å². The molecule has 17 heavy (non-hydrogen) atoms. The van der Waals surface area contributed by atoms with E-state index >= 15 is 0 Å². The molecular formula is C14H22N2O. The maximum atomic E-state index is 10.1. The van der Waals surface area contributed by atoms with Crippen LogP contribution >= 0.6 is 0 Å². The van der Waals surface area contributed by atoms with E-state index in [2.05, 4.69) is 29.2 Å². The van der Waals surface area contributed by atoms with Crippen molar-refractivity contribution in [3.8, 4) is 0 Å². The highest BCUT2D eigenvalue weighted by Gasteiger charge is 2.39. The maximum Gasteiger partial charge on any atom is 0.0647 e. The van der Waals surface area contributed by atoms with E-state index in [0.717, 1.165) is 19.6 Å². The molecule has 0 saturated carbocycles. The highest BCUT2D eigenvalue weighted by molar-refractivity contribution is 5.15. The van der Waals surface area contributed by atoms with Crippen molar-refractivity contribution < 1.29 is 5.11 Å². The molecule has 3 N–H and O–H groups in total. The zero-order valence-corrected chi connectivity index (χ0v) is 10.6. The molecule has 2 atom stereocenters. The van der Waals surface area contributed by atoms with Gasteiger partial charge in [-0.15, -0.1) is 0 Å². The monoisotopic (exact) mass is 234 g/mol. The van der Waals surface area contributed by atoms with E-state index < -0.39 is 5.60 Å². The summed E-state index contributed by atoms with van der Waals surface area (Å²) in [6.45, 7) is 6.36. The molecule has 0 radical (unpaired) electrons. The van der Waals surface area contributed by atoms with Crippen LogP contribution in [0.1, 0.15) is 19.4 Å². The van der Waals surface area contributed by atoms with Crippen LogP contribution in [0.5, 0.6) is 0 Å². The molecule has 1 aliphatic heterocycles. The van der Waals surface area contributed by atoms with Gasteiger partial charge in [0.2, 0.25) is 0 Å². The topological polar surface area (TPSA) is 49.5 Å². The van der Waals surface area contributed by atoms with Crippen LogP contribution in [-0.4, -0.2) is 34.7 Å². The SMILES string of the molecule is CC(C)(O)C1CN(Cc2ccccc2)CC1N. The molecule has 2 unspecified atom stereocenters. The van der Waals surface area contributed by atoms with Crippen molar-refractivity contribution in [3.05, 3.63) is 35.9 Å². The lowest BCUT2D eigenvalue weighted by atomic mass is 9.87. The van der Waals surface area contributed by atoms with Gasteiger partial charge in [0.1, 0.15) is 0 Å². The van der Waals surface area contributed by atoms with E-state index in [-0.39, 0.29) is 12.0 Å². The average molecular weight is 234 g/mol. The summed E-state index contributed by atoms with van der Waals surface area (Å²) in [4.78, 5) is 2.32. The van der Waals surface area contributed by atoms with Crippen LogP contribution in [0.4, 0.5) is 0 Å². The van der Waals surface area contributed by atoms with Crippen LogP contribution in [0.3, 0.4) is 0 Å². The predicted octanol–water partition coefficient (Wildman–Crippen LogP) is 1.22. The second-order valence-corrected chi connectivity index (χ2v) is 5.60. The molecule has 94 valence electrons. The number of hydrogen-bond acceptors (Lipinski definition) is 3. The summed E-state index contributed by atoms with van der Waals surface area (Å²) in [6.07, 6.45) is 0. The van der Waals surface area contributed by atoms with Gasteiger partial charge in [-0.25, -0.2) is 0 Å². The van der Waals surface area contributed by atoms with E-state index in [4.69, 9.17) is 5.73 Å². The molecule has 2 rings (SSSR count). The Morgan fingerprint density at radius 3 is 2.47 bits per heavy atom. The zero-order chi connectivity index (χ0) is 12.5. The second kappa shape index (κ2) is 4.77. The Morgan fingerprint density at radius 2 is 1.94 bits per heavy atom. The van der Waals surface area contributed by atoms with Crippen LogP contribution in [0.25, 0.3) is 0 Å². The van der Waals surface area contributed by atoms with Crippen molar-refractivity contribution >= 4 is 0 Å². The molecule has 1 fully saturated rings. The van der Waals surface area contributed by atoms with Crippen LogP contribution < -0.4 is 5.73 Å². The Balaban J connectivity index is 1.98. The largest absolute Gasteiger partial charge is 0.390 e. The van der Waals surface area contributed by atoms with Gasteiger partial charge in [0.15, 0.2) is 0 Å². The fourth-order valence-electron chi connectivity index (χ4n) is 2.63. The molecule has 3 nitrogen and oxygen atoms in total. The molecule has 3 heteroatoms. The summed E-state index contributed by atoms with van der Waals surface area (Å²) in [7, 11) is 0. The number of hydrogen-bond donors (Lipinski definition) is 2. The van der Waals surface area contributed by atoms with Gasteiger partial charge in [-0.1, -0.05) is 30.3 Å². The highest BCUT2D eigenvalue weighted by Crippen LogP contribution is 2.27. The standard InChI is InChI=1S/C14H22N2O/c1-14(2,17)12-9-16(10-13(12)15)8-11-6-4-3-5-7-11/h3-7,12-13,17H,8-10,15H2,1-2H3. The normalized spacial score (nSPS) is 26.4. The van der Waals surface area contributed by atoms with Crippen molar-refractivity contribution in [3.63, 3.8) is 0 Å². The minimum Gasteiger partial charge on any atom is -0.390 e. The van der Waals surface area contributed by atoms with E-state index in [1.54, 1.807) is 0 Å². The Morgan fingerprint density at radius 1 is 1.29 bits per heavy atom. The van der Waals surface area contributed by atoms with Crippen molar-refractivity contribution in [1.82, 2.24) is 4.90 Å². The van der Waals surface area contributed by atoms with Crippen molar-refractivity contribution in [2.45, 2.75) is 32.0 Å². The lowest BCUT2D eigenvalue weighted by molar-refractivity contribution is 0.0156. The first-order valence-corrected chi connectivity index (χ1v) is 6.21. The zero-order valence-electron chi connectivity index (χ0n) is 10.6. The van der Waals surface area contributed by atoms with Gasteiger partial charge in [0, 0.05) is 31.6 Å². The molecule has 1 heterocycles. The summed E-state index contributed by atoms with van der Waals surface area (Å²) in [5, 5.41) is 10.1. The molecule has 0 aliphatic carbocycles. The Kier molecular flexibility index (Phi) is 3.52. The minimum atomic E-state index is -0.690. The first kappa shape index (κ1) is 12.6. The van der Waals surface area contributed by atoms with Crippen molar-refractivity contribution in [2.24, 2.45) is 11.7 Å². The average Bonchev–Trinajstić information content (AvgIpc) is 2.60. The quantitative estimate of drug-likeness (QED) is 0.826. The van der Waals surface area contributed by atoms with Crippen LogP contribution in [0.2, 0.25) is 0 Å². The van der Waals surface area contributed by atoms with Crippen LogP contribution in [-0.2, 0) is 6.54 Å². The molecule has 0 aromatic heterocycles. The molecule has 0 spiro atoms. The smallest absolute Gasteiger partial charge is 0.0647 e. The molecule has 0 bridgehead atoms. The minimum absolute atomic E-state index is 0.0683. The third-order valence-corrected chi connectivity index (χ3v) is 3.60. The summed E-state index contributed by atoms with van der Waals surface area (Å²) in [5.41, 5.74) is 6.72. The summed E-state index contributed by atoms with van der Waals surface area (Å²) < 4.78 is 0. The van der Waals surface area contributed by atoms with Gasteiger partial charge in [-0.2, -0.15) is 0 Å².